The minimum absolute atomic E-state index is 0.174. The summed E-state index contributed by atoms with van der Waals surface area (Å²) in [5.41, 5.74) is 6.54. The Morgan fingerprint density at radius 1 is 1.38 bits per heavy atom. The van der Waals surface area contributed by atoms with Crippen molar-refractivity contribution in [3.8, 4) is 0 Å². The van der Waals surface area contributed by atoms with E-state index >= 15 is 0 Å². The molecule has 0 spiro atoms. The zero-order valence-corrected chi connectivity index (χ0v) is 14.3. The fraction of sp³-hybridized carbons (Fsp3) is 0.308. The predicted octanol–water partition coefficient (Wildman–Crippen LogP) is 2.82. The zero-order chi connectivity index (χ0) is 15.8. The van der Waals surface area contributed by atoms with Crippen LogP contribution in [-0.4, -0.2) is 24.8 Å². The van der Waals surface area contributed by atoms with Crippen molar-refractivity contribution in [3.05, 3.63) is 38.8 Å². The number of aryl methyl sites for hydroxylation is 2. The monoisotopic (exact) mass is 345 g/mol. The first-order valence-corrected chi connectivity index (χ1v) is 8.78. The second-order valence-electron chi connectivity index (χ2n) is 4.75. The normalized spacial score (nSPS) is 12.0. The number of nitrogens with zero attached hydrogens (tertiary/aromatic N) is 2. The number of anilines is 1. The van der Waals surface area contributed by atoms with Gasteiger partial charge in [0.15, 0.2) is 0 Å². The first-order valence-electron chi connectivity index (χ1n) is 6.15. The fourth-order valence-electron chi connectivity index (χ4n) is 1.90. The average molecular weight is 346 g/mol. The van der Waals surface area contributed by atoms with Gasteiger partial charge in [-0.2, -0.15) is 4.31 Å². The van der Waals surface area contributed by atoms with Crippen molar-refractivity contribution < 1.29 is 8.42 Å². The first-order chi connectivity index (χ1) is 9.71. The van der Waals surface area contributed by atoms with Crippen molar-refractivity contribution in [1.29, 1.82) is 0 Å². The van der Waals surface area contributed by atoms with Crippen molar-refractivity contribution in [2.75, 3.05) is 12.8 Å². The molecule has 114 valence electrons. The number of rotatable bonds is 4. The highest BCUT2D eigenvalue weighted by atomic mass is 35.5. The number of thiazole rings is 1. The second kappa shape index (κ2) is 5.92. The molecule has 0 aliphatic carbocycles. The number of aromatic nitrogens is 1. The molecule has 5 nitrogen and oxygen atoms in total. The highest BCUT2D eigenvalue weighted by Crippen LogP contribution is 2.28. The maximum absolute atomic E-state index is 12.6. The van der Waals surface area contributed by atoms with Crippen LogP contribution < -0.4 is 5.73 Å². The summed E-state index contributed by atoms with van der Waals surface area (Å²) in [6.07, 6.45) is 1.69. The number of halogens is 1. The zero-order valence-electron chi connectivity index (χ0n) is 11.9. The number of nitrogen functional groups attached to an aromatic ring is 1. The van der Waals surface area contributed by atoms with Gasteiger partial charge in [0, 0.05) is 24.7 Å². The van der Waals surface area contributed by atoms with Crippen molar-refractivity contribution in [3.63, 3.8) is 0 Å². The third kappa shape index (κ3) is 3.37. The van der Waals surface area contributed by atoms with E-state index in [2.05, 4.69) is 4.98 Å². The van der Waals surface area contributed by atoms with Crippen LogP contribution in [0.4, 0.5) is 5.69 Å². The molecule has 8 heteroatoms. The van der Waals surface area contributed by atoms with Gasteiger partial charge in [0.05, 0.1) is 20.6 Å². The Bertz CT molecular complexity index is 772. The molecule has 0 radical (unpaired) electrons. The van der Waals surface area contributed by atoms with E-state index in [1.54, 1.807) is 19.2 Å². The summed E-state index contributed by atoms with van der Waals surface area (Å²) in [6, 6.07) is 2.97. The van der Waals surface area contributed by atoms with E-state index in [4.69, 9.17) is 17.3 Å². The lowest BCUT2D eigenvalue weighted by Gasteiger charge is -2.18. The van der Waals surface area contributed by atoms with Gasteiger partial charge < -0.3 is 5.73 Å². The largest absolute Gasteiger partial charge is 0.397 e. The van der Waals surface area contributed by atoms with Gasteiger partial charge >= 0.3 is 0 Å². The van der Waals surface area contributed by atoms with Crippen LogP contribution in [0.15, 0.2) is 23.2 Å². The summed E-state index contributed by atoms with van der Waals surface area (Å²) in [7, 11) is -2.09. The van der Waals surface area contributed by atoms with Crippen LogP contribution in [0.3, 0.4) is 0 Å². The van der Waals surface area contributed by atoms with E-state index in [0.717, 1.165) is 9.88 Å². The molecule has 0 atom stereocenters. The van der Waals surface area contributed by atoms with E-state index in [1.165, 1.54) is 28.8 Å². The van der Waals surface area contributed by atoms with Crippen LogP contribution in [0.25, 0.3) is 0 Å². The minimum atomic E-state index is -3.62. The Kier molecular flexibility index (Phi) is 4.57. The van der Waals surface area contributed by atoms with Crippen LogP contribution in [0.2, 0.25) is 5.02 Å². The molecule has 1 aromatic heterocycles. The average Bonchev–Trinajstić information content (AvgIpc) is 2.79. The lowest BCUT2D eigenvalue weighted by Crippen LogP contribution is -2.27. The SMILES string of the molecule is Cc1ncc(CN(C)S(=O)(=O)c2cc(N)c(Cl)cc2C)s1. The number of hydrogen-bond donors (Lipinski definition) is 1. The summed E-state index contributed by atoms with van der Waals surface area (Å²) in [6.45, 7) is 3.85. The van der Waals surface area contributed by atoms with Crippen LogP contribution in [0.5, 0.6) is 0 Å². The lowest BCUT2D eigenvalue weighted by atomic mass is 10.2. The highest BCUT2D eigenvalue weighted by molar-refractivity contribution is 7.89. The summed E-state index contributed by atoms with van der Waals surface area (Å²) in [5.74, 6) is 0. The van der Waals surface area contributed by atoms with Gasteiger partial charge in [-0.15, -0.1) is 11.3 Å². The van der Waals surface area contributed by atoms with E-state index in [0.29, 0.717) is 10.6 Å². The Hall–Kier alpha value is -1.15. The Balaban J connectivity index is 2.35. The van der Waals surface area contributed by atoms with Gasteiger partial charge in [-0.25, -0.2) is 13.4 Å². The molecule has 0 fully saturated rings. The van der Waals surface area contributed by atoms with E-state index in [9.17, 15) is 8.42 Å². The summed E-state index contributed by atoms with van der Waals surface area (Å²) in [5, 5.41) is 1.26. The molecule has 21 heavy (non-hydrogen) atoms. The molecule has 1 aromatic carbocycles. The summed E-state index contributed by atoms with van der Waals surface area (Å²) < 4.78 is 26.6. The number of sulfonamides is 1. The van der Waals surface area contributed by atoms with Crippen molar-refractivity contribution in [1.82, 2.24) is 9.29 Å². The number of nitrogens with two attached hydrogens (primary N) is 1. The minimum Gasteiger partial charge on any atom is -0.397 e. The van der Waals surface area contributed by atoms with Crippen LogP contribution in [-0.2, 0) is 16.6 Å². The Morgan fingerprint density at radius 3 is 2.62 bits per heavy atom. The molecule has 0 unspecified atom stereocenters. The quantitative estimate of drug-likeness (QED) is 0.864. The van der Waals surface area contributed by atoms with Gasteiger partial charge in [0.2, 0.25) is 10.0 Å². The van der Waals surface area contributed by atoms with Gasteiger partial charge in [-0.05, 0) is 31.5 Å². The molecular formula is C13H16ClN3O2S2. The molecule has 0 bridgehead atoms. The molecule has 0 saturated heterocycles. The van der Waals surface area contributed by atoms with E-state index in [1.807, 2.05) is 6.92 Å². The van der Waals surface area contributed by atoms with Gasteiger partial charge in [0.25, 0.3) is 0 Å². The maximum atomic E-state index is 12.6. The molecule has 2 N–H and O–H groups in total. The van der Waals surface area contributed by atoms with E-state index < -0.39 is 10.0 Å². The third-order valence-corrected chi connectivity index (χ3v) is 6.20. The summed E-state index contributed by atoms with van der Waals surface area (Å²) >= 11 is 7.38. The van der Waals surface area contributed by atoms with Crippen molar-refractivity contribution in [2.45, 2.75) is 25.3 Å². The maximum Gasteiger partial charge on any atom is 0.243 e. The van der Waals surface area contributed by atoms with Gasteiger partial charge in [-0.3, -0.25) is 0 Å². The Morgan fingerprint density at radius 2 is 2.05 bits per heavy atom. The smallest absolute Gasteiger partial charge is 0.243 e. The van der Waals surface area contributed by atoms with Crippen LogP contribution in [0.1, 0.15) is 15.4 Å². The molecule has 0 saturated carbocycles. The lowest BCUT2D eigenvalue weighted by molar-refractivity contribution is 0.469. The van der Waals surface area contributed by atoms with Crippen LogP contribution >= 0.6 is 22.9 Å². The molecule has 2 rings (SSSR count). The topological polar surface area (TPSA) is 76.3 Å². The molecule has 0 amide bonds. The second-order valence-corrected chi connectivity index (χ2v) is 8.49. The van der Waals surface area contributed by atoms with E-state index in [-0.39, 0.29) is 17.1 Å². The number of hydrogen-bond acceptors (Lipinski definition) is 5. The standard InChI is InChI=1S/C13H16ClN3O2S2/c1-8-4-11(14)12(15)5-13(8)21(18,19)17(3)7-10-6-16-9(2)20-10/h4-6H,7,15H2,1-3H3. The molecular weight excluding hydrogens is 330 g/mol. The van der Waals surface area contributed by atoms with Crippen molar-refractivity contribution >= 4 is 38.6 Å². The van der Waals surface area contributed by atoms with Crippen LogP contribution in [0, 0.1) is 13.8 Å². The van der Waals surface area contributed by atoms with Gasteiger partial charge in [0.1, 0.15) is 0 Å². The molecule has 2 aromatic rings. The number of benzene rings is 1. The molecule has 1 heterocycles. The van der Waals surface area contributed by atoms with Gasteiger partial charge in [-0.1, -0.05) is 11.6 Å². The van der Waals surface area contributed by atoms with Crippen molar-refractivity contribution in [2.24, 2.45) is 0 Å². The third-order valence-electron chi connectivity index (χ3n) is 3.03. The summed E-state index contributed by atoms with van der Waals surface area (Å²) in [4.78, 5) is 5.19. The molecule has 0 aliphatic rings. The molecule has 0 aliphatic heterocycles. The highest BCUT2D eigenvalue weighted by Gasteiger charge is 2.24. The Labute approximate surface area is 133 Å². The first kappa shape index (κ1) is 16.2. The predicted molar refractivity (Wildman–Crippen MR) is 86.1 cm³/mol. The fourth-order valence-corrected chi connectivity index (χ4v) is 4.43.